The second-order valence-electron chi connectivity index (χ2n) is 6.61. The summed E-state index contributed by atoms with van der Waals surface area (Å²) in [5, 5.41) is 19.5. The van der Waals surface area contributed by atoms with Gasteiger partial charge in [0.25, 0.3) is 0 Å². The van der Waals surface area contributed by atoms with Crippen LogP contribution in [0.4, 0.5) is 0 Å². The van der Waals surface area contributed by atoms with Gasteiger partial charge in [-0.2, -0.15) is 0 Å². The van der Waals surface area contributed by atoms with Gasteiger partial charge < -0.3 is 10.2 Å². The second-order valence-corrected chi connectivity index (χ2v) is 6.61. The third-order valence-corrected chi connectivity index (χ3v) is 5.49. The van der Waals surface area contributed by atoms with Crippen molar-refractivity contribution in [3.05, 3.63) is 12.2 Å². The molecule has 5 atom stereocenters. The summed E-state index contributed by atoms with van der Waals surface area (Å²) in [7, 11) is 0. The lowest BCUT2D eigenvalue weighted by Gasteiger charge is -2.46. The van der Waals surface area contributed by atoms with Gasteiger partial charge in [0.05, 0.1) is 12.7 Å². The van der Waals surface area contributed by atoms with Gasteiger partial charge in [-0.25, -0.2) is 0 Å². The molecule has 0 heterocycles. The summed E-state index contributed by atoms with van der Waals surface area (Å²) in [5.74, 6) is 2.06. The van der Waals surface area contributed by atoms with Crippen LogP contribution < -0.4 is 0 Å². The standard InChI is InChI=1S/C15H26O2/c1-9(2)11-5-6-15(4)10(3)7-12(11)14(15)13(17)8-16/h9,11-14,16-17H,3,5-8H2,1-2,4H3/t11-,12?,13?,14-,15+/m1/s1. The molecule has 2 aliphatic carbocycles. The molecular weight excluding hydrogens is 212 g/mol. The number of aliphatic hydroxyl groups is 2. The first-order chi connectivity index (χ1) is 7.91. The molecule has 0 saturated heterocycles. The third kappa shape index (κ3) is 1.86. The van der Waals surface area contributed by atoms with Crippen molar-refractivity contribution in [1.82, 2.24) is 0 Å². The van der Waals surface area contributed by atoms with Crippen molar-refractivity contribution in [3.63, 3.8) is 0 Å². The highest BCUT2D eigenvalue weighted by atomic mass is 16.3. The SMILES string of the molecule is C=C1CC2[C@@H](C(C)C)CC[C@]1(C)[C@H]2C(O)CO. The fourth-order valence-corrected chi connectivity index (χ4v) is 4.45. The first kappa shape index (κ1) is 13.1. The zero-order valence-electron chi connectivity index (χ0n) is 11.3. The van der Waals surface area contributed by atoms with E-state index in [0.717, 1.165) is 12.8 Å². The average Bonchev–Trinajstić information content (AvgIpc) is 2.43. The minimum atomic E-state index is -0.578. The van der Waals surface area contributed by atoms with Crippen LogP contribution >= 0.6 is 0 Å². The normalized spacial score (nSPS) is 43.2. The minimum absolute atomic E-state index is 0.0538. The van der Waals surface area contributed by atoms with E-state index in [2.05, 4.69) is 27.4 Å². The van der Waals surface area contributed by atoms with E-state index in [-0.39, 0.29) is 17.9 Å². The Morgan fingerprint density at radius 1 is 1.47 bits per heavy atom. The van der Waals surface area contributed by atoms with Gasteiger partial charge in [0.2, 0.25) is 0 Å². The van der Waals surface area contributed by atoms with Crippen LogP contribution in [-0.4, -0.2) is 22.9 Å². The lowest BCUT2D eigenvalue weighted by atomic mass is 9.60. The van der Waals surface area contributed by atoms with Crippen molar-refractivity contribution < 1.29 is 10.2 Å². The number of aliphatic hydroxyl groups excluding tert-OH is 2. The van der Waals surface area contributed by atoms with Crippen molar-refractivity contribution in [2.45, 2.75) is 46.1 Å². The number of hydrogen-bond acceptors (Lipinski definition) is 2. The molecule has 0 aliphatic heterocycles. The highest BCUT2D eigenvalue weighted by Gasteiger charge is 2.56. The van der Waals surface area contributed by atoms with Crippen LogP contribution in [0.2, 0.25) is 0 Å². The Kier molecular flexibility index (Phi) is 3.39. The summed E-state index contributed by atoms with van der Waals surface area (Å²) < 4.78 is 0. The van der Waals surface area contributed by atoms with E-state index in [1.54, 1.807) is 0 Å². The van der Waals surface area contributed by atoms with Gasteiger partial charge >= 0.3 is 0 Å². The molecule has 98 valence electrons. The summed E-state index contributed by atoms with van der Waals surface area (Å²) in [4.78, 5) is 0. The quantitative estimate of drug-likeness (QED) is 0.742. The fraction of sp³-hybridized carbons (Fsp3) is 0.867. The van der Waals surface area contributed by atoms with E-state index in [1.165, 1.54) is 12.0 Å². The van der Waals surface area contributed by atoms with Gasteiger partial charge in [-0.05, 0) is 48.3 Å². The summed E-state index contributed by atoms with van der Waals surface area (Å²) in [6.07, 6.45) is 2.83. The van der Waals surface area contributed by atoms with Crippen LogP contribution in [0.25, 0.3) is 0 Å². The molecule has 2 N–H and O–H groups in total. The second kappa shape index (κ2) is 4.40. The van der Waals surface area contributed by atoms with Crippen molar-refractivity contribution in [2.24, 2.45) is 29.1 Å². The molecule has 2 unspecified atom stereocenters. The monoisotopic (exact) mass is 238 g/mol. The van der Waals surface area contributed by atoms with E-state index in [1.807, 2.05) is 0 Å². The molecule has 2 bridgehead atoms. The summed E-state index contributed by atoms with van der Waals surface area (Å²) in [6, 6.07) is 0. The molecule has 2 aliphatic rings. The van der Waals surface area contributed by atoms with Gasteiger partial charge in [-0.15, -0.1) is 0 Å². The van der Waals surface area contributed by atoms with Gasteiger partial charge in [-0.1, -0.05) is 32.9 Å². The molecule has 0 spiro atoms. The van der Waals surface area contributed by atoms with Crippen LogP contribution in [0.1, 0.15) is 40.0 Å². The molecule has 0 amide bonds. The van der Waals surface area contributed by atoms with Crippen LogP contribution in [0.5, 0.6) is 0 Å². The number of fused-ring (bicyclic) bond motifs is 2. The Morgan fingerprint density at radius 3 is 2.65 bits per heavy atom. The lowest BCUT2D eigenvalue weighted by molar-refractivity contribution is -0.0504. The number of rotatable bonds is 3. The smallest absolute Gasteiger partial charge is 0.0810 e. The number of hydrogen-bond donors (Lipinski definition) is 2. The van der Waals surface area contributed by atoms with Gasteiger partial charge in [0.1, 0.15) is 0 Å². The Balaban J connectivity index is 2.32. The topological polar surface area (TPSA) is 40.5 Å². The maximum atomic E-state index is 10.2. The van der Waals surface area contributed by atoms with Crippen molar-refractivity contribution in [1.29, 1.82) is 0 Å². The van der Waals surface area contributed by atoms with Crippen molar-refractivity contribution in [3.8, 4) is 0 Å². The molecule has 2 nitrogen and oxygen atoms in total. The predicted octanol–water partition coefficient (Wildman–Crippen LogP) is 2.60. The maximum absolute atomic E-state index is 10.2. The predicted molar refractivity (Wildman–Crippen MR) is 69.5 cm³/mol. The Labute approximate surface area is 105 Å². The molecule has 0 radical (unpaired) electrons. The van der Waals surface area contributed by atoms with E-state index < -0.39 is 6.10 Å². The lowest BCUT2D eigenvalue weighted by Crippen LogP contribution is -2.44. The highest BCUT2D eigenvalue weighted by molar-refractivity contribution is 5.23. The van der Waals surface area contributed by atoms with E-state index in [9.17, 15) is 10.2 Å². The number of allylic oxidation sites excluding steroid dienone is 1. The first-order valence-corrected chi connectivity index (χ1v) is 6.89. The van der Waals surface area contributed by atoms with Crippen molar-refractivity contribution >= 4 is 0 Å². The third-order valence-electron chi connectivity index (χ3n) is 5.49. The first-order valence-electron chi connectivity index (χ1n) is 6.89. The molecule has 0 aromatic heterocycles. The zero-order chi connectivity index (χ0) is 12.8. The minimum Gasteiger partial charge on any atom is -0.394 e. The Morgan fingerprint density at radius 2 is 2.12 bits per heavy atom. The van der Waals surface area contributed by atoms with Crippen LogP contribution in [0.15, 0.2) is 12.2 Å². The van der Waals surface area contributed by atoms with E-state index in [0.29, 0.717) is 17.8 Å². The largest absolute Gasteiger partial charge is 0.394 e. The summed E-state index contributed by atoms with van der Waals surface area (Å²) >= 11 is 0. The van der Waals surface area contributed by atoms with Crippen molar-refractivity contribution in [2.75, 3.05) is 6.61 Å². The zero-order valence-corrected chi connectivity index (χ0v) is 11.3. The van der Waals surface area contributed by atoms with Gasteiger partial charge in [0.15, 0.2) is 0 Å². The molecular formula is C15H26O2. The molecule has 2 fully saturated rings. The van der Waals surface area contributed by atoms with E-state index in [4.69, 9.17) is 0 Å². The Bertz CT molecular complexity index is 310. The van der Waals surface area contributed by atoms with Gasteiger partial charge in [-0.3, -0.25) is 0 Å². The molecule has 0 aromatic carbocycles. The highest BCUT2D eigenvalue weighted by Crippen LogP contribution is 2.61. The summed E-state index contributed by atoms with van der Waals surface area (Å²) in [6.45, 7) is 10.9. The molecule has 0 aromatic rings. The molecule has 2 heteroatoms. The molecule has 17 heavy (non-hydrogen) atoms. The molecule has 2 rings (SSSR count). The fourth-order valence-electron chi connectivity index (χ4n) is 4.45. The van der Waals surface area contributed by atoms with Crippen LogP contribution in [0.3, 0.4) is 0 Å². The van der Waals surface area contributed by atoms with E-state index >= 15 is 0 Å². The van der Waals surface area contributed by atoms with Crippen LogP contribution in [-0.2, 0) is 0 Å². The van der Waals surface area contributed by atoms with Crippen LogP contribution in [0, 0.1) is 29.1 Å². The van der Waals surface area contributed by atoms with Gasteiger partial charge in [0, 0.05) is 0 Å². The maximum Gasteiger partial charge on any atom is 0.0810 e. The molecule has 2 saturated carbocycles. The Hall–Kier alpha value is -0.340. The summed E-state index contributed by atoms with van der Waals surface area (Å²) in [5.41, 5.74) is 1.35. The average molecular weight is 238 g/mol.